The molecule has 110 valence electrons. The summed E-state index contributed by atoms with van der Waals surface area (Å²) >= 11 is 0. The van der Waals surface area contributed by atoms with Crippen LogP contribution in [0.4, 0.5) is 5.69 Å². The standard InChI is InChI=1S/C16H18N2O3/c1-17(11-12-18-10-6-5-9-15(18)19)14-8-4-3-7-13(14)16(20)21-2/h3-10H,11-12H2,1-2H3. The van der Waals surface area contributed by atoms with Gasteiger partial charge in [-0.25, -0.2) is 4.79 Å². The summed E-state index contributed by atoms with van der Waals surface area (Å²) in [5, 5.41) is 0. The number of likely N-dealkylation sites (N-methyl/N-ethyl adjacent to an activating group) is 1. The SMILES string of the molecule is COC(=O)c1ccccc1N(C)CCn1ccccc1=O. The summed E-state index contributed by atoms with van der Waals surface area (Å²) in [4.78, 5) is 25.4. The molecule has 5 heteroatoms. The number of pyridine rings is 1. The maximum atomic E-state index is 11.8. The second-order valence-electron chi connectivity index (χ2n) is 4.66. The topological polar surface area (TPSA) is 51.5 Å². The maximum Gasteiger partial charge on any atom is 0.339 e. The highest BCUT2D eigenvalue weighted by Crippen LogP contribution is 2.19. The zero-order valence-electron chi connectivity index (χ0n) is 12.2. The first-order valence-electron chi connectivity index (χ1n) is 6.67. The van der Waals surface area contributed by atoms with Crippen LogP contribution >= 0.6 is 0 Å². The molecule has 0 aliphatic heterocycles. The number of hydrogen-bond donors (Lipinski definition) is 0. The van der Waals surface area contributed by atoms with Gasteiger partial charge in [-0.15, -0.1) is 0 Å². The Morgan fingerprint density at radius 1 is 1.19 bits per heavy atom. The summed E-state index contributed by atoms with van der Waals surface area (Å²) < 4.78 is 6.42. The largest absolute Gasteiger partial charge is 0.465 e. The lowest BCUT2D eigenvalue weighted by molar-refractivity contribution is 0.0601. The summed E-state index contributed by atoms with van der Waals surface area (Å²) in [5.41, 5.74) is 1.27. The lowest BCUT2D eigenvalue weighted by atomic mass is 10.1. The normalized spacial score (nSPS) is 10.2. The van der Waals surface area contributed by atoms with Crippen molar-refractivity contribution in [3.8, 4) is 0 Å². The molecular weight excluding hydrogens is 268 g/mol. The Morgan fingerprint density at radius 2 is 1.90 bits per heavy atom. The molecule has 0 N–H and O–H groups in total. The monoisotopic (exact) mass is 286 g/mol. The Kier molecular flexibility index (Phi) is 4.77. The van der Waals surface area contributed by atoms with E-state index in [1.54, 1.807) is 29.0 Å². The third kappa shape index (κ3) is 3.51. The number of para-hydroxylation sites is 1. The number of rotatable bonds is 5. The van der Waals surface area contributed by atoms with Crippen LogP contribution in [0, 0.1) is 0 Å². The number of anilines is 1. The first-order chi connectivity index (χ1) is 10.1. The fraction of sp³-hybridized carbons (Fsp3) is 0.250. The number of carbonyl (C=O) groups excluding carboxylic acids is 1. The van der Waals surface area contributed by atoms with Gasteiger partial charge in [-0.2, -0.15) is 0 Å². The van der Waals surface area contributed by atoms with E-state index in [0.29, 0.717) is 18.7 Å². The summed E-state index contributed by atoms with van der Waals surface area (Å²) in [7, 11) is 3.25. The molecule has 21 heavy (non-hydrogen) atoms. The van der Waals surface area contributed by atoms with Crippen LogP contribution in [0.2, 0.25) is 0 Å². The average molecular weight is 286 g/mol. The fourth-order valence-corrected chi connectivity index (χ4v) is 2.11. The van der Waals surface area contributed by atoms with Crippen LogP contribution in [0.3, 0.4) is 0 Å². The molecule has 0 saturated heterocycles. The molecule has 0 bridgehead atoms. The second kappa shape index (κ2) is 6.74. The highest BCUT2D eigenvalue weighted by atomic mass is 16.5. The quantitative estimate of drug-likeness (QED) is 0.786. The van der Waals surface area contributed by atoms with Gasteiger partial charge >= 0.3 is 5.97 Å². The average Bonchev–Trinajstić information content (AvgIpc) is 2.53. The van der Waals surface area contributed by atoms with Gasteiger partial charge in [0.05, 0.1) is 18.4 Å². The lowest BCUT2D eigenvalue weighted by Gasteiger charge is -2.22. The smallest absolute Gasteiger partial charge is 0.339 e. The molecule has 0 saturated carbocycles. The fourth-order valence-electron chi connectivity index (χ4n) is 2.11. The summed E-state index contributed by atoms with van der Waals surface area (Å²) in [6.45, 7) is 1.16. The number of aromatic nitrogens is 1. The van der Waals surface area contributed by atoms with Gasteiger partial charge in [0.2, 0.25) is 0 Å². The van der Waals surface area contributed by atoms with Gasteiger partial charge < -0.3 is 14.2 Å². The summed E-state index contributed by atoms with van der Waals surface area (Å²) in [6, 6.07) is 12.3. The van der Waals surface area contributed by atoms with Crippen LogP contribution in [0.15, 0.2) is 53.5 Å². The van der Waals surface area contributed by atoms with Crippen molar-refractivity contribution in [3.05, 3.63) is 64.6 Å². The predicted octanol–water partition coefficient (Wildman–Crippen LogP) is 1.77. The van der Waals surface area contributed by atoms with E-state index in [9.17, 15) is 9.59 Å². The van der Waals surface area contributed by atoms with Gasteiger partial charge in [0, 0.05) is 32.4 Å². The highest BCUT2D eigenvalue weighted by molar-refractivity contribution is 5.95. The Balaban J connectivity index is 2.14. The number of nitrogens with zero attached hydrogens (tertiary/aromatic N) is 2. The molecule has 0 atom stereocenters. The Labute approximate surface area is 123 Å². The van der Waals surface area contributed by atoms with Crippen LogP contribution in [-0.2, 0) is 11.3 Å². The minimum Gasteiger partial charge on any atom is -0.465 e. The minimum absolute atomic E-state index is 0.0350. The van der Waals surface area contributed by atoms with Crippen LogP contribution in [0.25, 0.3) is 0 Å². The van der Waals surface area contributed by atoms with Crippen molar-refractivity contribution in [2.45, 2.75) is 6.54 Å². The van der Waals surface area contributed by atoms with E-state index < -0.39 is 0 Å². The van der Waals surface area contributed by atoms with Crippen molar-refractivity contribution in [2.75, 3.05) is 25.6 Å². The van der Waals surface area contributed by atoms with Gasteiger partial charge in [-0.1, -0.05) is 18.2 Å². The third-order valence-electron chi connectivity index (χ3n) is 3.30. The van der Waals surface area contributed by atoms with E-state index in [4.69, 9.17) is 4.74 Å². The number of hydrogen-bond acceptors (Lipinski definition) is 4. The number of methoxy groups -OCH3 is 1. The molecule has 0 unspecified atom stereocenters. The van der Waals surface area contributed by atoms with E-state index in [1.165, 1.54) is 13.2 Å². The van der Waals surface area contributed by atoms with Crippen molar-refractivity contribution in [3.63, 3.8) is 0 Å². The van der Waals surface area contributed by atoms with E-state index in [-0.39, 0.29) is 11.5 Å². The highest BCUT2D eigenvalue weighted by Gasteiger charge is 2.13. The molecule has 0 amide bonds. The van der Waals surface area contributed by atoms with Crippen molar-refractivity contribution in [1.29, 1.82) is 0 Å². The van der Waals surface area contributed by atoms with Crippen LogP contribution in [0.1, 0.15) is 10.4 Å². The van der Waals surface area contributed by atoms with Gasteiger partial charge in [-0.05, 0) is 18.2 Å². The molecule has 0 radical (unpaired) electrons. The molecule has 2 rings (SSSR count). The Morgan fingerprint density at radius 3 is 2.62 bits per heavy atom. The zero-order valence-corrected chi connectivity index (χ0v) is 12.2. The molecule has 1 aromatic carbocycles. The molecule has 1 heterocycles. The number of ether oxygens (including phenoxy) is 1. The van der Waals surface area contributed by atoms with Crippen molar-refractivity contribution in [2.24, 2.45) is 0 Å². The number of benzene rings is 1. The Bertz CT molecular complexity index is 679. The number of carbonyl (C=O) groups is 1. The molecule has 5 nitrogen and oxygen atoms in total. The molecule has 0 aliphatic carbocycles. The number of esters is 1. The lowest BCUT2D eigenvalue weighted by Crippen LogP contribution is -2.28. The zero-order chi connectivity index (χ0) is 15.2. The van der Waals surface area contributed by atoms with E-state index in [0.717, 1.165) is 5.69 Å². The minimum atomic E-state index is -0.366. The summed E-state index contributed by atoms with van der Waals surface area (Å²) in [5.74, 6) is -0.366. The van der Waals surface area contributed by atoms with Gasteiger partial charge in [0.15, 0.2) is 0 Å². The molecule has 1 aromatic heterocycles. The maximum absolute atomic E-state index is 11.8. The third-order valence-corrected chi connectivity index (χ3v) is 3.30. The predicted molar refractivity (Wildman–Crippen MR) is 81.8 cm³/mol. The summed E-state index contributed by atoms with van der Waals surface area (Å²) in [6.07, 6.45) is 1.75. The van der Waals surface area contributed by atoms with Gasteiger partial charge in [-0.3, -0.25) is 4.79 Å². The molecule has 0 spiro atoms. The van der Waals surface area contributed by atoms with E-state index in [2.05, 4.69) is 0 Å². The van der Waals surface area contributed by atoms with E-state index in [1.807, 2.05) is 30.1 Å². The van der Waals surface area contributed by atoms with Crippen molar-refractivity contribution < 1.29 is 9.53 Å². The molecular formula is C16H18N2O3. The first-order valence-corrected chi connectivity index (χ1v) is 6.67. The molecule has 0 fully saturated rings. The molecule has 0 aliphatic rings. The molecule has 2 aromatic rings. The van der Waals surface area contributed by atoms with Gasteiger partial charge in [0.1, 0.15) is 0 Å². The Hall–Kier alpha value is -2.56. The van der Waals surface area contributed by atoms with Crippen molar-refractivity contribution in [1.82, 2.24) is 4.57 Å². The van der Waals surface area contributed by atoms with Crippen LogP contribution < -0.4 is 10.5 Å². The van der Waals surface area contributed by atoms with Gasteiger partial charge in [0.25, 0.3) is 5.56 Å². The van der Waals surface area contributed by atoms with E-state index >= 15 is 0 Å². The van der Waals surface area contributed by atoms with Crippen LogP contribution in [0.5, 0.6) is 0 Å². The first kappa shape index (κ1) is 14.8. The van der Waals surface area contributed by atoms with Crippen molar-refractivity contribution >= 4 is 11.7 Å². The second-order valence-corrected chi connectivity index (χ2v) is 4.66. The van der Waals surface area contributed by atoms with Crippen LogP contribution in [-0.4, -0.2) is 31.2 Å².